The molecule has 2 saturated heterocycles. The molecular weight excluding hydrogens is 604 g/mol. The monoisotopic (exact) mass is 644 g/mol. The first-order valence-corrected chi connectivity index (χ1v) is 14.5. The minimum atomic E-state index is -1.69. The minimum absolute atomic E-state index is 0.0160. The van der Waals surface area contributed by atoms with Gasteiger partial charge in [0.25, 0.3) is 0 Å². The van der Waals surface area contributed by atoms with Crippen LogP contribution in [0.25, 0.3) is 0 Å². The molecule has 0 unspecified atom stereocenters. The van der Waals surface area contributed by atoms with Gasteiger partial charge in [-0.3, -0.25) is 0 Å². The Labute approximate surface area is 257 Å². The topological polar surface area (TPSA) is 244 Å². The van der Waals surface area contributed by atoms with Crippen molar-refractivity contribution >= 4 is 5.97 Å². The number of methoxy groups -OCH3 is 1. The van der Waals surface area contributed by atoms with Crippen molar-refractivity contribution in [2.45, 2.75) is 99.7 Å². The summed E-state index contributed by atoms with van der Waals surface area (Å²) in [6.07, 6.45) is -13.4. The molecule has 1 aromatic rings. The van der Waals surface area contributed by atoms with Crippen LogP contribution in [-0.2, 0) is 23.7 Å². The smallest absolute Gasteiger partial charge is 0.338 e. The molecule has 16 nitrogen and oxygen atoms in total. The van der Waals surface area contributed by atoms with E-state index in [1.54, 1.807) is 6.08 Å². The molecule has 1 aliphatic carbocycles. The standard InChI is InChI=1S/C29H40O16/c1-11-19(31)21(33)23(35)27(41-11)43-14-5-4-12(8-15(14)39-3)25(37)42-16-9-29(2,38)18-13(16)6-7-40-26(18)45-28-24(36)22(34)20(32)17(10-30)44-28/h4-8,11,13,16-24,26-28,30-36,38H,9-10H2,1-3H3/t11-,13-,16-,17+,18+,19-,20-,21+,22+,23+,24+,26-,27+,28+,29+/m0/s1. The van der Waals surface area contributed by atoms with Crippen LogP contribution in [-0.4, -0.2) is 140 Å². The Hall–Kier alpha value is -2.61. The van der Waals surface area contributed by atoms with Crippen molar-refractivity contribution in [3.05, 3.63) is 36.1 Å². The summed E-state index contributed by atoms with van der Waals surface area (Å²) in [4.78, 5) is 13.3. The van der Waals surface area contributed by atoms with Gasteiger partial charge in [-0.15, -0.1) is 0 Å². The van der Waals surface area contributed by atoms with E-state index in [2.05, 4.69) is 0 Å². The molecule has 8 N–H and O–H groups in total. The number of carbonyl (C=O) groups is 1. The summed E-state index contributed by atoms with van der Waals surface area (Å²) in [6, 6.07) is 4.12. The molecule has 1 saturated carbocycles. The minimum Gasteiger partial charge on any atom is -0.493 e. The number of aliphatic hydroxyl groups excluding tert-OH is 7. The maximum absolute atomic E-state index is 13.3. The average Bonchev–Trinajstić information content (AvgIpc) is 3.28. The Balaban J connectivity index is 1.27. The molecule has 1 aromatic carbocycles. The molecule has 15 atom stereocenters. The first kappa shape index (κ1) is 33.7. The molecule has 0 spiro atoms. The third-order valence-electron chi connectivity index (χ3n) is 8.81. The number of fused-ring (bicyclic) bond motifs is 1. The molecule has 0 radical (unpaired) electrons. The summed E-state index contributed by atoms with van der Waals surface area (Å²) < 4.78 is 39.1. The van der Waals surface area contributed by atoms with Gasteiger partial charge in [0.05, 0.1) is 43.2 Å². The third-order valence-corrected chi connectivity index (χ3v) is 8.81. The molecule has 3 heterocycles. The highest BCUT2D eigenvalue weighted by molar-refractivity contribution is 5.90. The largest absolute Gasteiger partial charge is 0.493 e. The molecule has 3 fully saturated rings. The van der Waals surface area contributed by atoms with Crippen LogP contribution in [0, 0.1) is 11.8 Å². The molecule has 4 aliphatic rings. The van der Waals surface area contributed by atoms with E-state index in [0.717, 1.165) is 0 Å². The lowest BCUT2D eigenvalue weighted by atomic mass is 9.85. The molecule has 16 heteroatoms. The molecule has 0 bridgehead atoms. The lowest BCUT2D eigenvalue weighted by Crippen LogP contribution is -2.60. The zero-order valence-corrected chi connectivity index (χ0v) is 24.7. The van der Waals surface area contributed by atoms with Gasteiger partial charge < -0.3 is 74.0 Å². The summed E-state index contributed by atoms with van der Waals surface area (Å²) in [6.45, 7) is 2.37. The van der Waals surface area contributed by atoms with Crippen LogP contribution in [0.5, 0.6) is 11.5 Å². The highest BCUT2D eigenvalue weighted by atomic mass is 16.8. The van der Waals surface area contributed by atoms with E-state index in [-0.39, 0.29) is 23.5 Å². The quantitative estimate of drug-likeness (QED) is 0.136. The van der Waals surface area contributed by atoms with Crippen LogP contribution in [0.3, 0.4) is 0 Å². The van der Waals surface area contributed by atoms with Crippen LogP contribution < -0.4 is 9.47 Å². The molecule has 0 aromatic heterocycles. The zero-order valence-electron chi connectivity index (χ0n) is 24.7. The molecule has 5 rings (SSSR count). The number of esters is 1. The van der Waals surface area contributed by atoms with Gasteiger partial charge in [-0.25, -0.2) is 4.79 Å². The van der Waals surface area contributed by atoms with Crippen LogP contribution in [0.1, 0.15) is 30.6 Å². The number of rotatable bonds is 8. The van der Waals surface area contributed by atoms with Gasteiger partial charge in [-0.05, 0) is 38.1 Å². The first-order valence-electron chi connectivity index (χ1n) is 14.5. The molecule has 252 valence electrons. The molecule has 0 amide bonds. The van der Waals surface area contributed by atoms with E-state index in [4.69, 9.17) is 33.2 Å². The highest BCUT2D eigenvalue weighted by Crippen LogP contribution is 2.48. The third kappa shape index (κ3) is 6.50. The Kier molecular flexibility index (Phi) is 9.93. The van der Waals surface area contributed by atoms with E-state index >= 15 is 0 Å². The van der Waals surface area contributed by atoms with Crippen molar-refractivity contribution in [2.24, 2.45) is 11.8 Å². The van der Waals surface area contributed by atoms with Crippen molar-refractivity contribution in [1.29, 1.82) is 0 Å². The van der Waals surface area contributed by atoms with Crippen LogP contribution in [0.2, 0.25) is 0 Å². The van der Waals surface area contributed by atoms with Gasteiger partial charge in [0.2, 0.25) is 12.6 Å². The van der Waals surface area contributed by atoms with Gasteiger partial charge >= 0.3 is 5.97 Å². The first-order chi connectivity index (χ1) is 21.3. The zero-order chi connectivity index (χ0) is 32.8. The fourth-order valence-electron chi connectivity index (χ4n) is 6.22. The second kappa shape index (κ2) is 13.2. The Bertz CT molecular complexity index is 1220. The van der Waals surface area contributed by atoms with Crippen molar-refractivity contribution in [3.63, 3.8) is 0 Å². The SMILES string of the molecule is COc1cc(C(=O)O[C@H]2C[C@@](C)(O)[C@H]3[C@H](O[C@H]4O[C@H](CO)[C@H](O)[C@@H](O)[C@H]4O)OC=C[C@H]32)ccc1O[C@H]1O[C@@H](C)[C@H](O)[C@@H](O)[C@H]1O. The normalized spacial score (nSPS) is 44.5. The number of carbonyl (C=O) groups excluding carboxylic acids is 1. The second-order valence-corrected chi connectivity index (χ2v) is 11.9. The van der Waals surface area contributed by atoms with Crippen LogP contribution in [0.15, 0.2) is 30.5 Å². The van der Waals surface area contributed by atoms with Gasteiger partial charge in [0.1, 0.15) is 48.8 Å². The number of ether oxygens (including phenoxy) is 7. The van der Waals surface area contributed by atoms with E-state index in [1.165, 1.54) is 45.4 Å². The van der Waals surface area contributed by atoms with E-state index in [9.17, 15) is 45.6 Å². The predicted molar refractivity (Wildman–Crippen MR) is 146 cm³/mol. The number of hydrogen-bond donors (Lipinski definition) is 8. The Morgan fingerprint density at radius 1 is 0.933 bits per heavy atom. The van der Waals surface area contributed by atoms with E-state index in [0.29, 0.717) is 0 Å². The lowest BCUT2D eigenvalue weighted by molar-refractivity contribution is -0.346. The van der Waals surface area contributed by atoms with Crippen LogP contribution >= 0.6 is 0 Å². The number of aliphatic hydroxyl groups is 8. The van der Waals surface area contributed by atoms with Crippen molar-refractivity contribution in [3.8, 4) is 11.5 Å². The van der Waals surface area contributed by atoms with Gasteiger partial charge in [0, 0.05) is 12.3 Å². The number of benzene rings is 1. The van der Waals surface area contributed by atoms with Crippen molar-refractivity contribution < 1.29 is 78.8 Å². The maximum Gasteiger partial charge on any atom is 0.338 e. The molecule has 45 heavy (non-hydrogen) atoms. The molecular formula is C29H40O16. The van der Waals surface area contributed by atoms with E-state index < -0.39 is 104 Å². The lowest BCUT2D eigenvalue weighted by Gasteiger charge is -2.43. The average molecular weight is 645 g/mol. The van der Waals surface area contributed by atoms with Crippen molar-refractivity contribution in [2.75, 3.05) is 13.7 Å². The summed E-state index contributed by atoms with van der Waals surface area (Å²) in [5.74, 6) is -2.02. The van der Waals surface area contributed by atoms with Gasteiger partial charge in [-0.2, -0.15) is 0 Å². The second-order valence-electron chi connectivity index (χ2n) is 11.9. The van der Waals surface area contributed by atoms with E-state index in [1.807, 2.05) is 0 Å². The summed E-state index contributed by atoms with van der Waals surface area (Å²) in [5.41, 5.74) is -1.42. The fourth-order valence-corrected chi connectivity index (χ4v) is 6.22. The summed E-state index contributed by atoms with van der Waals surface area (Å²) in [5, 5.41) is 81.7. The Morgan fingerprint density at radius 3 is 2.31 bits per heavy atom. The van der Waals surface area contributed by atoms with Crippen LogP contribution in [0.4, 0.5) is 0 Å². The van der Waals surface area contributed by atoms with Gasteiger partial charge in [0.15, 0.2) is 17.8 Å². The maximum atomic E-state index is 13.3. The summed E-state index contributed by atoms with van der Waals surface area (Å²) >= 11 is 0. The highest BCUT2D eigenvalue weighted by Gasteiger charge is 2.58. The molecule has 3 aliphatic heterocycles. The fraction of sp³-hybridized carbons (Fsp3) is 0.690. The Morgan fingerprint density at radius 2 is 1.62 bits per heavy atom. The van der Waals surface area contributed by atoms with Gasteiger partial charge in [-0.1, -0.05) is 0 Å². The number of hydrogen-bond acceptors (Lipinski definition) is 16. The summed E-state index contributed by atoms with van der Waals surface area (Å²) in [7, 11) is 1.33. The predicted octanol–water partition coefficient (Wildman–Crippen LogP) is -2.50. The van der Waals surface area contributed by atoms with Crippen molar-refractivity contribution in [1.82, 2.24) is 0 Å².